The third kappa shape index (κ3) is 2.76. The number of nitrogens with two attached hydrogens (primary N) is 1. The highest BCUT2D eigenvalue weighted by Gasteiger charge is 2.57. The Morgan fingerprint density at radius 3 is 2.53 bits per heavy atom. The van der Waals surface area contributed by atoms with Crippen LogP contribution in [-0.4, -0.2) is 36.5 Å². The Balaban J connectivity index is 3.13. The summed E-state index contributed by atoms with van der Waals surface area (Å²) in [6.07, 6.45) is 1.05. The smallest absolute Gasteiger partial charge is 0.336 e. The number of nitrogens with one attached hydrogen (secondary N) is 1. The van der Waals surface area contributed by atoms with Crippen molar-refractivity contribution >= 4 is 17.7 Å². The molecular weight excluding hydrogens is 252 g/mol. The predicted octanol–water partition coefficient (Wildman–Crippen LogP) is -0.316. The van der Waals surface area contributed by atoms with Crippen LogP contribution in [0.25, 0.3) is 0 Å². The molecule has 0 aliphatic heterocycles. The van der Waals surface area contributed by atoms with Gasteiger partial charge in [-0.3, -0.25) is 15.4 Å². The minimum absolute atomic E-state index is 0.102. The lowest BCUT2D eigenvalue weighted by Gasteiger charge is -2.38. The molecule has 1 rings (SSSR count). The van der Waals surface area contributed by atoms with Crippen molar-refractivity contribution in [2.24, 2.45) is 11.8 Å². The van der Waals surface area contributed by atoms with Gasteiger partial charge < -0.3 is 9.47 Å². The predicted molar refractivity (Wildman–Crippen MR) is 65.7 cm³/mol. The molecule has 0 aromatic heterocycles. The second-order valence-electron chi connectivity index (χ2n) is 4.29. The Bertz CT molecular complexity index is 371. The van der Waals surface area contributed by atoms with Gasteiger partial charge in [0.1, 0.15) is 0 Å². The van der Waals surface area contributed by atoms with Gasteiger partial charge in [0, 0.05) is 6.42 Å². The Morgan fingerprint density at radius 1 is 1.37 bits per heavy atom. The van der Waals surface area contributed by atoms with E-state index in [0.29, 0.717) is 12.8 Å². The molecule has 3 N–H and O–H groups in total. The lowest BCUT2D eigenvalue weighted by Crippen LogP contribution is -2.69. The molecule has 1 saturated carbocycles. The van der Waals surface area contributed by atoms with Crippen molar-refractivity contribution in [3.8, 4) is 0 Å². The summed E-state index contributed by atoms with van der Waals surface area (Å²) in [6, 6.07) is 0. The molecule has 7 heteroatoms. The standard InChI is InChI=1S/C12H20N2O5/c1-3-18-10(16)8-6-5-7-9(15)12(8,14-13)11(17)19-4-2/h8,14H,3-7,13H2,1-2H3. The minimum Gasteiger partial charge on any atom is -0.466 e. The molecule has 0 aromatic carbocycles. The molecule has 0 spiro atoms. The zero-order valence-corrected chi connectivity index (χ0v) is 11.2. The van der Waals surface area contributed by atoms with Crippen LogP contribution in [0.5, 0.6) is 0 Å². The van der Waals surface area contributed by atoms with Gasteiger partial charge in [0.25, 0.3) is 0 Å². The van der Waals surface area contributed by atoms with E-state index in [-0.39, 0.29) is 19.6 Å². The number of ketones is 1. The Kier molecular flexibility index (Phi) is 5.44. The maximum Gasteiger partial charge on any atom is 0.336 e. The summed E-state index contributed by atoms with van der Waals surface area (Å²) in [5, 5.41) is 0. The van der Waals surface area contributed by atoms with Crippen molar-refractivity contribution in [3.63, 3.8) is 0 Å². The molecule has 0 saturated heterocycles. The van der Waals surface area contributed by atoms with Crippen molar-refractivity contribution in [1.82, 2.24) is 5.43 Å². The summed E-state index contributed by atoms with van der Waals surface area (Å²) in [4.78, 5) is 36.2. The topological polar surface area (TPSA) is 108 Å². The third-order valence-corrected chi connectivity index (χ3v) is 3.26. The van der Waals surface area contributed by atoms with E-state index in [1.54, 1.807) is 13.8 Å². The van der Waals surface area contributed by atoms with Crippen LogP contribution < -0.4 is 11.3 Å². The van der Waals surface area contributed by atoms with Crippen molar-refractivity contribution in [3.05, 3.63) is 0 Å². The minimum atomic E-state index is -1.82. The molecule has 0 aromatic rings. The summed E-state index contributed by atoms with van der Waals surface area (Å²) >= 11 is 0. The molecule has 7 nitrogen and oxygen atoms in total. The Morgan fingerprint density at radius 2 is 2.00 bits per heavy atom. The van der Waals surface area contributed by atoms with Crippen LogP contribution in [0, 0.1) is 5.92 Å². The van der Waals surface area contributed by atoms with Crippen LogP contribution in [0.4, 0.5) is 0 Å². The lowest BCUT2D eigenvalue weighted by molar-refractivity contribution is -0.170. The first-order valence-electron chi connectivity index (χ1n) is 6.39. The van der Waals surface area contributed by atoms with E-state index in [1.165, 1.54) is 0 Å². The first-order valence-corrected chi connectivity index (χ1v) is 6.39. The molecule has 1 fully saturated rings. The summed E-state index contributed by atoms with van der Waals surface area (Å²) < 4.78 is 9.82. The van der Waals surface area contributed by atoms with Gasteiger partial charge in [-0.15, -0.1) is 0 Å². The fraction of sp³-hybridized carbons (Fsp3) is 0.750. The number of Topliss-reactive ketones (excluding diaryl/α,β-unsaturated/α-hetero) is 1. The van der Waals surface area contributed by atoms with Gasteiger partial charge in [-0.2, -0.15) is 0 Å². The maximum atomic E-state index is 12.1. The molecule has 0 heterocycles. The van der Waals surface area contributed by atoms with E-state index in [9.17, 15) is 14.4 Å². The number of esters is 2. The van der Waals surface area contributed by atoms with E-state index in [1.807, 2.05) is 0 Å². The van der Waals surface area contributed by atoms with Crippen LogP contribution in [0.3, 0.4) is 0 Å². The van der Waals surface area contributed by atoms with Gasteiger partial charge in [-0.05, 0) is 26.7 Å². The summed E-state index contributed by atoms with van der Waals surface area (Å²) in [6.45, 7) is 3.55. The van der Waals surface area contributed by atoms with E-state index >= 15 is 0 Å². The van der Waals surface area contributed by atoms with Crippen molar-refractivity contribution in [1.29, 1.82) is 0 Å². The quantitative estimate of drug-likeness (QED) is 0.306. The van der Waals surface area contributed by atoms with Crippen molar-refractivity contribution < 1.29 is 23.9 Å². The molecule has 1 aliphatic carbocycles. The number of hydrogen-bond donors (Lipinski definition) is 2. The van der Waals surface area contributed by atoms with Crippen LogP contribution in [0.2, 0.25) is 0 Å². The van der Waals surface area contributed by atoms with E-state index in [0.717, 1.165) is 0 Å². The maximum absolute atomic E-state index is 12.1. The molecule has 108 valence electrons. The lowest BCUT2D eigenvalue weighted by atomic mass is 9.72. The second-order valence-corrected chi connectivity index (χ2v) is 4.29. The molecule has 0 bridgehead atoms. The zero-order chi connectivity index (χ0) is 14.5. The molecule has 19 heavy (non-hydrogen) atoms. The van der Waals surface area contributed by atoms with Gasteiger partial charge >= 0.3 is 11.9 Å². The average Bonchev–Trinajstić information content (AvgIpc) is 2.39. The average molecular weight is 272 g/mol. The third-order valence-electron chi connectivity index (χ3n) is 3.26. The zero-order valence-electron chi connectivity index (χ0n) is 11.2. The molecule has 2 atom stereocenters. The van der Waals surface area contributed by atoms with Crippen molar-refractivity contribution in [2.45, 2.75) is 38.6 Å². The van der Waals surface area contributed by atoms with E-state index in [4.69, 9.17) is 15.3 Å². The molecule has 2 unspecified atom stereocenters. The molecule has 1 aliphatic rings. The number of rotatable bonds is 5. The fourth-order valence-electron chi connectivity index (χ4n) is 2.35. The highest BCUT2D eigenvalue weighted by atomic mass is 16.5. The number of hydrogen-bond acceptors (Lipinski definition) is 7. The number of hydrazine groups is 1. The van der Waals surface area contributed by atoms with Crippen LogP contribution >= 0.6 is 0 Å². The first kappa shape index (κ1) is 15.6. The van der Waals surface area contributed by atoms with Crippen LogP contribution in [-0.2, 0) is 23.9 Å². The Labute approximate surface area is 111 Å². The first-order chi connectivity index (χ1) is 9.04. The number of carbonyl (C=O) groups is 3. The monoisotopic (exact) mass is 272 g/mol. The van der Waals surface area contributed by atoms with Gasteiger partial charge in [-0.1, -0.05) is 0 Å². The summed E-state index contributed by atoms with van der Waals surface area (Å²) in [5.41, 5.74) is 0.397. The largest absolute Gasteiger partial charge is 0.466 e. The highest BCUT2D eigenvalue weighted by molar-refractivity contribution is 6.12. The molecule has 0 amide bonds. The van der Waals surface area contributed by atoms with E-state index < -0.39 is 29.2 Å². The summed E-state index contributed by atoms with van der Waals surface area (Å²) in [7, 11) is 0. The highest BCUT2D eigenvalue weighted by Crippen LogP contribution is 2.33. The second kappa shape index (κ2) is 6.63. The molecular formula is C12H20N2O5. The van der Waals surface area contributed by atoms with Gasteiger partial charge in [-0.25, -0.2) is 10.2 Å². The van der Waals surface area contributed by atoms with E-state index in [2.05, 4.69) is 5.43 Å². The van der Waals surface area contributed by atoms with Crippen LogP contribution in [0.1, 0.15) is 33.1 Å². The van der Waals surface area contributed by atoms with Gasteiger partial charge in [0.2, 0.25) is 5.54 Å². The summed E-state index contributed by atoms with van der Waals surface area (Å²) in [5.74, 6) is 2.60. The SMILES string of the molecule is CCOC(=O)C1CCCC(=O)C1(NN)C(=O)OCC. The normalized spacial score (nSPS) is 26.9. The van der Waals surface area contributed by atoms with Gasteiger partial charge in [0.05, 0.1) is 19.1 Å². The Hall–Kier alpha value is -1.47. The fourth-order valence-corrected chi connectivity index (χ4v) is 2.35. The number of ether oxygens (including phenoxy) is 2. The molecule has 0 radical (unpaired) electrons. The van der Waals surface area contributed by atoms with Gasteiger partial charge in [0.15, 0.2) is 5.78 Å². The van der Waals surface area contributed by atoms with Crippen molar-refractivity contribution in [2.75, 3.05) is 13.2 Å². The number of carbonyl (C=O) groups excluding carboxylic acids is 3. The van der Waals surface area contributed by atoms with Crippen LogP contribution in [0.15, 0.2) is 0 Å².